The number of hydrogen-bond donors (Lipinski definition) is 2. The molecule has 22 heavy (non-hydrogen) atoms. The van der Waals surface area contributed by atoms with Gasteiger partial charge >= 0.3 is 0 Å². The molecule has 114 valence electrons. The van der Waals surface area contributed by atoms with Gasteiger partial charge < -0.3 is 5.11 Å². The molecule has 1 aromatic carbocycles. The molecule has 2 aromatic rings. The summed E-state index contributed by atoms with van der Waals surface area (Å²) in [4.78, 5) is 25.1. The third-order valence-corrected chi connectivity index (χ3v) is 4.01. The lowest BCUT2D eigenvalue weighted by molar-refractivity contribution is -0.137. The second-order valence-electron chi connectivity index (χ2n) is 5.50. The molecule has 8 nitrogen and oxygen atoms in total. The number of benzene rings is 1. The number of tetrazole rings is 1. The molecule has 1 aromatic heterocycles. The van der Waals surface area contributed by atoms with Crippen LogP contribution in [-0.2, 0) is 9.59 Å². The standard InChI is InChI=1S/C13H13N5O3S/c1-13(2)10(20)9(19)11(21)17(13)7-3-5-8(6-4-7)18-12(22)14-15-16-18/h3-6,10,20H,1-2H3,(H,14,16,22). The quantitative estimate of drug-likeness (QED) is 0.612. The molecule has 1 atom stereocenters. The van der Waals surface area contributed by atoms with Crippen LogP contribution in [0.4, 0.5) is 5.69 Å². The van der Waals surface area contributed by atoms with Crippen LogP contribution >= 0.6 is 12.2 Å². The molecular weight excluding hydrogens is 306 g/mol. The number of aromatic amines is 1. The zero-order valence-electron chi connectivity index (χ0n) is 11.8. The summed E-state index contributed by atoms with van der Waals surface area (Å²) in [6, 6.07) is 6.76. The van der Waals surface area contributed by atoms with Crippen molar-refractivity contribution in [1.82, 2.24) is 20.2 Å². The number of aromatic nitrogens is 4. The Labute approximate surface area is 130 Å². The summed E-state index contributed by atoms with van der Waals surface area (Å²) in [5.74, 6) is -1.51. The Hall–Kier alpha value is -2.39. The number of rotatable bonds is 2. The van der Waals surface area contributed by atoms with E-state index in [9.17, 15) is 14.7 Å². The molecule has 1 unspecified atom stereocenters. The normalized spacial score (nSPS) is 20.7. The highest BCUT2D eigenvalue weighted by Crippen LogP contribution is 2.33. The average Bonchev–Trinajstić information content (AvgIpc) is 2.97. The number of carbonyl (C=O) groups excluding carboxylic acids is 2. The van der Waals surface area contributed by atoms with Crippen LogP contribution in [0.3, 0.4) is 0 Å². The van der Waals surface area contributed by atoms with Crippen LogP contribution in [0, 0.1) is 4.77 Å². The maximum Gasteiger partial charge on any atom is 0.297 e. The summed E-state index contributed by atoms with van der Waals surface area (Å²) < 4.78 is 1.77. The highest BCUT2D eigenvalue weighted by Gasteiger charge is 2.52. The molecule has 2 heterocycles. The van der Waals surface area contributed by atoms with Crippen LogP contribution in [0.2, 0.25) is 0 Å². The predicted molar refractivity (Wildman–Crippen MR) is 79.1 cm³/mol. The number of nitrogens with one attached hydrogen (secondary N) is 1. The number of H-pyrrole nitrogens is 1. The van der Waals surface area contributed by atoms with Gasteiger partial charge in [-0.1, -0.05) is 10.3 Å². The number of ketones is 1. The van der Waals surface area contributed by atoms with Crippen molar-refractivity contribution in [3.8, 4) is 5.69 Å². The second kappa shape index (κ2) is 4.82. The average molecular weight is 319 g/mol. The van der Waals surface area contributed by atoms with Crippen molar-refractivity contribution in [2.45, 2.75) is 25.5 Å². The van der Waals surface area contributed by atoms with Gasteiger partial charge in [0.25, 0.3) is 11.7 Å². The Morgan fingerprint density at radius 2 is 1.82 bits per heavy atom. The molecule has 0 radical (unpaired) electrons. The fraction of sp³-hybridized carbons (Fsp3) is 0.308. The van der Waals surface area contributed by atoms with Gasteiger partial charge in [0, 0.05) is 5.69 Å². The third kappa shape index (κ3) is 1.97. The Morgan fingerprint density at radius 1 is 1.23 bits per heavy atom. The van der Waals surface area contributed by atoms with Crippen molar-refractivity contribution in [1.29, 1.82) is 0 Å². The van der Waals surface area contributed by atoms with Gasteiger partial charge in [-0.05, 0) is 50.3 Å². The Bertz CT molecular complexity index is 808. The number of aliphatic hydroxyl groups is 1. The summed E-state index contributed by atoms with van der Waals surface area (Å²) >= 11 is 5.01. The fourth-order valence-electron chi connectivity index (χ4n) is 2.50. The van der Waals surface area contributed by atoms with Gasteiger partial charge in [0.05, 0.1) is 11.2 Å². The van der Waals surface area contributed by atoms with E-state index < -0.39 is 23.3 Å². The molecule has 1 aliphatic rings. The van der Waals surface area contributed by atoms with E-state index in [2.05, 4.69) is 15.5 Å². The van der Waals surface area contributed by atoms with Gasteiger partial charge in [-0.3, -0.25) is 14.5 Å². The Kier molecular flexibility index (Phi) is 3.18. The topological polar surface area (TPSA) is 104 Å². The fourth-order valence-corrected chi connectivity index (χ4v) is 2.69. The first-order valence-electron chi connectivity index (χ1n) is 6.51. The largest absolute Gasteiger partial charge is 0.382 e. The van der Waals surface area contributed by atoms with E-state index in [-0.39, 0.29) is 4.77 Å². The molecule has 0 bridgehead atoms. The van der Waals surface area contributed by atoms with Gasteiger partial charge in [-0.25, -0.2) is 4.68 Å². The molecule has 0 saturated carbocycles. The van der Waals surface area contributed by atoms with Crippen LogP contribution in [0.1, 0.15) is 13.8 Å². The Morgan fingerprint density at radius 3 is 2.27 bits per heavy atom. The first-order valence-corrected chi connectivity index (χ1v) is 6.92. The van der Waals surface area contributed by atoms with Gasteiger partial charge in [-0.2, -0.15) is 5.21 Å². The SMILES string of the molecule is CC1(C)C(O)C(=O)C(=O)N1c1ccc(-n2[nH]nnc2=S)cc1. The smallest absolute Gasteiger partial charge is 0.297 e. The molecule has 0 spiro atoms. The molecule has 1 aliphatic heterocycles. The van der Waals surface area contributed by atoms with Gasteiger partial charge in [0.15, 0.2) is 0 Å². The van der Waals surface area contributed by atoms with E-state index in [4.69, 9.17) is 12.2 Å². The van der Waals surface area contributed by atoms with Crippen LogP contribution in [-0.4, -0.2) is 48.6 Å². The first-order chi connectivity index (χ1) is 10.3. The van der Waals surface area contributed by atoms with Crippen LogP contribution in [0.25, 0.3) is 5.69 Å². The lowest BCUT2D eigenvalue weighted by atomic mass is 9.98. The monoisotopic (exact) mass is 319 g/mol. The highest BCUT2D eigenvalue weighted by molar-refractivity contribution is 7.71. The van der Waals surface area contributed by atoms with Crippen LogP contribution < -0.4 is 4.90 Å². The number of Topliss-reactive ketones (excluding diaryl/α,β-unsaturated/α-hetero) is 1. The van der Waals surface area contributed by atoms with E-state index in [1.165, 1.54) is 9.58 Å². The maximum absolute atomic E-state index is 12.1. The van der Waals surface area contributed by atoms with E-state index >= 15 is 0 Å². The van der Waals surface area contributed by atoms with E-state index in [0.29, 0.717) is 11.4 Å². The molecule has 9 heteroatoms. The van der Waals surface area contributed by atoms with Crippen molar-refractivity contribution in [3.63, 3.8) is 0 Å². The minimum atomic E-state index is -1.34. The van der Waals surface area contributed by atoms with E-state index in [0.717, 1.165) is 0 Å². The van der Waals surface area contributed by atoms with Crippen molar-refractivity contribution < 1.29 is 14.7 Å². The van der Waals surface area contributed by atoms with Gasteiger partial charge in [0.1, 0.15) is 6.10 Å². The number of nitrogens with zero attached hydrogens (tertiary/aromatic N) is 4. The zero-order valence-corrected chi connectivity index (χ0v) is 12.7. The number of aliphatic hydroxyl groups excluding tert-OH is 1. The molecule has 3 rings (SSSR count). The van der Waals surface area contributed by atoms with Gasteiger partial charge in [0.2, 0.25) is 4.77 Å². The second-order valence-corrected chi connectivity index (χ2v) is 5.86. The molecule has 1 saturated heterocycles. The summed E-state index contributed by atoms with van der Waals surface area (Å²) in [5.41, 5.74) is 0.208. The number of amides is 1. The summed E-state index contributed by atoms with van der Waals surface area (Å²) in [6.07, 6.45) is -1.34. The van der Waals surface area contributed by atoms with E-state index in [1.807, 2.05) is 0 Å². The Balaban J connectivity index is 2.00. The molecule has 2 N–H and O–H groups in total. The van der Waals surface area contributed by atoms with Crippen molar-refractivity contribution in [2.24, 2.45) is 0 Å². The van der Waals surface area contributed by atoms with Crippen LogP contribution in [0.15, 0.2) is 24.3 Å². The van der Waals surface area contributed by atoms with Gasteiger partial charge in [-0.15, -0.1) is 0 Å². The minimum Gasteiger partial charge on any atom is -0.382 e. The lowest BCUT2D eigenvalue weighted by Gasteiger charge is -2.32. The van der Waals surface area contributed by atoms with Crippen molar-refractivity contribution >= 4 is 29.6 Å². The molecule has 1 fully saturated rings. The molecule has 0 aliphatic carbocycles. The highest BCUT2D eigenvalue weighted by atomic mass is 32.1. The number of hydrogen-bond acceptors (Lipinski definition) is 6. The first kappa shape index (κ1) is 14.5. The summed E-state index contributed by atoms with van der Waals surface area (Å²) in [5, 5.41) is 19.8. The van der Waals surface area contributed by atoms with Crippen molar-refractivity contribution in [2.75, 3.05) is 4.90 Å². The maximum atomic E-state index is 12.1. The summed E-state index contributed by atoms with van der Waals surface area (Å²) in [7, 11) is 0. The minimum absolute atomic E-state index is 0.274. The number of carbonyl (C=O) groups is 2. The number of anilines is 1. The third-order valence-electron chi connectivity index (χ3n) is 3.75. The summed E-state index contributed by atoms with van der Waals surface area (Å²) in [6.45, 7) is 3.28. The molecule has 1 amide bonds. The lowest BCUT2D eigenvalue weighted by Crippen LogP contribution is -2.46. The van der Waals surface area contributed by atoms with E-state index in [1.54, 1.807) is 38.1 Å². The molecular formula is C13H13N5O3S. The predicted octanol–water partition coefficient (Wildman–Crippen LogP) is 0.380. The van der Waals surface area contributed by atoms with Crippen molar-refractivity contribution in [3.05, 3.63) is 29.0 Å². The zero-order chi connectivity index (χ0) is 16.1. The van der Waals surface area contributed by atoms with Crippen LogP contribution in [0.5, 0.6) is 0 Å².